The SMILES string of the molecule is CCC(OC(C)=O)C(CCSc1c(C)cccc1C)C(=O)C1=CCc2c(c3cc(C(=O)c4ccccc4C)ccc3n2CC)C1. The second-order valence-electron chi connectivity index (χ2n) is 12.0. The fourth-order valence-electron chi connectivity index (χ4n) is 6.77. The zero-order valence-corrected chi connectivity index (χ0v) is 28.1. The number of fused-ring (bicyclic) bond motifs is 3. The van der Waals surface area contributed by atoms with Crippen LogP contribution in [0.5, 0.6) is 0 Å². The number of esters is 1. The van der Waals surface area contributed by atoms with Crippen LogP contribution in [-0.4, -0.2) is 34.0 Å². The lowest BCUT2D eigenvalue weighted by Gasteiger charge is -2.27. The molecule has 0 fully saturated rings. The third-order valence-corrected chi connectivity index (χ3v) is 10.4. The number of rotatable bonds is 12. The van der Waals surface area contributed by atoms with Gasteiger partial charge < -0.3 is 9.30 Å². The molecule has 0 amide bonds. The number of ether oxygens (including phenoxy) is 1. The van der Waals surface area contributed by atoms with E-state index in [4.69, 9.17) is 4.74 Å². The zero-order chi connectivity index (χ0) is 32.2. The van der Waals surface area contributed by atoms with E-state index in [1.165, 1.54) is 28.6 Å². The second kappa shape index (κ2) is 14.0. The summed E-state index contributed by atoms with van der Waals surface area (Å²) in [4.78, 5) is 41.2. The van der Waals surface area contributed by atoms with Crippen molar-refractivity contribution in [2.45, 2.75) is 84.8 Å². The van der Waals surface area contributed by atoms with Crippen LogP contribution in [0.1, 0.15) is 77.5 Å². The lowest BCUT2D eigenvalue weighted by atomic mass is 9.83. The molecular formula is C39H43NO4S. The summed E-state index contributed by atoms with van der Waals surface area (Å²) in [7, 11) is 0. The Morgan fingerprint density at radius 3 is 2.31 bits per heavy atom. The average Bonchev–Trinajstić information content (AvgIpc) is 3.35. The van der Waals surface area contributed by atoms with Crippen molar-refractivity contribution in [3.05, 3.63) is 111 Å². The van der Waals surface area contributed by atoms with E-state index in [0.29, 0.717) is 36.8 Å². The number of aryl methyl sites for hydroxylation is 4. The van der Waals surface area contributed by atoms with Gasteiger partial charge in [-0.05, 0) is 92.3 Å². The molecule has 6 heteroatoms. The summed E-state index contributed by atoms with van der Waals surface area (Å²) < 4.78 is 8.04. The number of hydrogen-bond donors (Lipinski definition) is 0. The largest absolute Gasteiger partial charge is 0.462 e. The molecule has 1 heterocycles. The summed E-state index contributed by atoms with van der Waals surface area (Å²) in [6.07, 6.45) is 3.92. The summed E-state index contributed by atoms with van der Waals surface area (Å²) in [5.74, 6) is 0.0162. The Morgan fingerprint density at radius 2 is 1.64 bits per heavy atom. The molecule has 0 saturated heterocycles. The highest BCUT2D eigenvalue weighted by atomic mass is 32.2. The monoisotopic (exact) mass is 621 g/mol. The third-order valence-electron chi connectivity index (χ3n) is 9.07. The van der Waals surface area contributed by atoms with E-state index in [1.54, 1.807) is 11.8 Å². The fraction of sp³-hybridized carbons (Fsp3) is 0.359. The van der Waals surface area contributed by atoms with Gasteiger partial charge in [-0.3, -0.25) is 14.4 Å². The standard InChI is InChI=1S/C39H43NO4S/c1-7-36(44-27(6)41)31(20-21-45-39-25(4)13-11-14-26(39)5)38(43)29-17-19-35-33(23-29)32-22-28(16-18-34(32)40(35)8-2)37(42)30-15-10-9-12-24(30)3/h9-18,22,31,36H,7-8,19-21,23H2,1-6H3. The molecule has 1 aliphatic rings. The van der Waals surface area contributed by atoms with E-state index in [0.717, 1.165) is 39.9 Å². The van der Waals surface area contributed by atoms with E-state index in [2.05, 4.69) is 49.6 Å². The normalized spacial score (nSPS) is 14.0. The quantitative estimate of drug-likeness (QED) is 0.0901. The molecule has 0 N–H and O–H groups in total. The van der Waals surface area contributed by atoms with Gasteiger partial charge in [-0.2, -0.15) is 0 Å². The van der Waals surface area contributed by atoms with E-state index in [1.807, 2.05) is 56.3 Å². The van der Waals surface area contributed by atoms with Gasteiger partial charge >= 0.3 is 5.97 Å². The molecule has 2 atom stereocenters. The highest BCUT2D eigenvalue weighted by Crippen LogP contribution is 2.36. The van der Waals surface area contributed by atoms with E-state index < -0.39 is 12.0 Å². The van der Waals surface area contributed by atoms with Crippen LogP contribution in [0.2, 0.25) is 0 Å². The van der Waals surface area contributed by atoms with Crippen LogP contribution in [-0.2, 0) is 33.7 Å². The maximum atomic E-state index is 14.3. The van der Waals surface area contributed by atoms with Gasteiger partial charge in [-0.15, -0.1) is 11.8 Å². The van der Waals surface area contributed by atoms with Crippen LogP contribution >= 0.6 is 11.8 Å². The van der Waals surface area contributed by atoms with Crippen LogP contribution < -0.4 is 0 Å². The van der Waals surface area contributed by atoms with Crippen LogP contribution in [0.4, 0.5) is 0 Å². The molecule has 45 heavy (non-hydrogen) atoms. The first-order valence-electron chi connectivity index (χ1n) is 16.0. The molecule has 2 unspecified atom stereocenters. The van der Waals surface area contributed by atoms with Crippen LogP contribution in [0.3, 0.4) is 0 Å². The molecule has 3 aromatic carbocycles. The Morgan fingerprint density at radius 1 is 0.933 bits per heavy atom. The molecule has 5 rings (SSSR count). The lowest BCUT2D eigenvalue weighted by Crippen LogP contribution is -2.34. The van der Waals surface area contributed by atoms with Crippen molar-refractivity contribution in [2.75, 3.05) is 5.75 Å². The smallest absolute Gasteiger partial charge is 0.302 e. The number of Topliss-reactive ketones (excluding diaryl/α,β-unsaturated/α-hetero) is 1. The van der Waals surface area contributed by atoms with E-state index in [9.17, 15) is 14.4 Å². The van der Waals surface area contributed by atoms with Gasteiger partial charge in [-0.1, -0.05) is 55.5 Å². The zero-order valence-electron chi connectivity index (χ0n) is 27.2. The number of aromatic nitrogens is 1. The number of allylic oxidation sites excluding steroid dienone is 2. The highest BCUT2D eigenvalue weighted by Gasteiger charge is 2.33. The van der Waals surface area contributed by atoms with Gasteiger partial charge in [0.1, 0.15) is 6.10 Å². The summed E-state index contributed by atoms with van der Waals surface area (Å²) in [5.41, 5.74) is 8.91. The minimum Gasteiger partial charge on any atom is -0.462 e. The van der Waals surface area contributed by atoms with Crippen molar-refractivity contribution >= 4 is 40.2 Å². The number of thioether (sulfide) groups is 1. The first-order chi connectivity index (χ1) is 21.6. The highest BCUT2D eigenvalue weighted by molar-refractivity contribution is 7.99. The van der Waals surface area contributed by atoms with Gasteiger partial charge in [0.05, 0.1) is 5.92 Å². The Balaban J connectivity index is 1.45. The maximum Gasteiger partial charge on any atom is 0.302 e. The van der Waals surface area contributed by atoms with Crippen molar-refractivity contribution in [3.8, 4) is 0 Å². The summed E-state index contributed by atoms with van der Waals surface area (Å²) in [6, 6.07) is 19.9. The first kappa shape index (κ1) is 32.5. The molecule has 0 radical (unpaired) electrons. The Hall–Kier alpha value is -3.90. The van der Waals surface area contributed by atoms with Crippen molar-refractivity contribution in [3.63, 3.8) is 0 Å². The van der Waals surface area contributed by atoms with E-state index >= 15 is 0 Å². The third kappa shape index (κ3) is 6.72. The molecule has 0 aliphatic heterocycles. The maximum absolute atomic E-state index is 14.3. The summed E-state index contributed by atoms with van der Waals surface area (Å²) in [5, 5.41) is 1.03. The van der Waals surface area contributed by atoms with Gasteiger partial charge in [-0.25, -0.2) is 0 Å². The Labute approximate surface area is 271 Å². The second-order valence-corrected chi connectivity index (χ2v) is 13.1. The number of benzene rings is 3. The molecule has 0 bridgehead atoms. The lowest BCUT2D eigenvalue weighted by molar-refractivity contribution is -0.150. The van der Waals surface area contributed by atoms with Crippen molar-refractivity contribution in [1.29, 1.82) is 0 Å². The predicted octanol–water partition coefficient (Wildman–Crippen LogP) is 8.55. The molecule has 0 saturated carbocycles. The van der Waals surface area contributed by atoms with Gasteiger partial charge in [0.2, 0.25) is 0 Å². The van der Waals surface area contributed by atoms with Crippen molar-refractivity contribution < 1.29 is 19.1 Å². The number of carbonyl (C=O) groups is 3. The average molecular weight is 622 g/mol. The summed E-state index contributed by atoms with van der Waals surface area (Å²) >= 11 is 1.77. The van der Waals surface area contributed by atoms with Crippen LogP contribution in [0.15, 0.2) is 77.2 Å². The molecule has 234 valence electrons. The topological polar surface area (TPSA) is 65.4 Å². The predicted molar refractivity (Wildman–Crippen MR) is 183 cm³/mol. The molecule has 4 aromatic rings. The number of hydrogen-bond acceptors (Lipinski definition) is 5. The number of nitrogens with zero attached hydrogens (tertiary/aromatic N) is 1. The minimum atomic E-state index is -0.480. The van der Waals surface area contributed by atoms with Gasteiger partial charge in [0, 0.05) is 58.9 Å². The molecule has 1 aliphatic carbocycles. The Bertz CT molecular complexity index is 1780. The molecule has 5 nitrogen and oxygen atoms in total. The summed E-state index contributed by atoms with van der Waals surface area (Å²) in [6.45, 7) is 12.5. The van der Waals surface area contributed by atoms with Crippen molar-refractivity contribution in [2.24, 2.45) is 5.92 Å². The minimum absolute atomic E-state index is 0.00396. The van der Waals surface area contributed by atoms with Crippen LogP contribution in [0, 0.1) is 26.7 Å². The number of carbonyl (C=O) groups excluding carboxylic acids is 3. The van der Waals surface area contributed by atoms with Gasteiger partial charge in [0.25, 0.3) is 0 Å². The fourth-order valence-corrected chi connectivity index (χ4v) is 7.93. The van der Waals surface area contributed by atoms with Crippen LogP contribution in [0.25, 0.3) is 10.9 Å². The van der Waals surface area contributed by atoms with E-state index in [-0.39, 0.29) is 17.5 Å². The van der Waals surface area contributed by atoms with Gasteiger partial charge in [0.15, 0.2) is 11.6 Å². The number of ketones is 2. The molecular weight excluding hydrogens is 578 g/mol. The molecule has 0 spiro atoms. The first-order valence-corrected chi connectivity index (χ1v) is 17.0. The van der Waals surface area contributed by atoms with Crippen molar-refractivity contribution in [1.82, 2.24) is 4.57 Å². The molecule has 1 aromatic heterocycles. The Kier molecular flexibility index (Phi) is 10.1.